The zero-order valence-electron chi connectivity index (χ0n) is 12.6. The number of nitrogens with zero attached hydrogens (tertiary/aromatic N) is 5. The Hall–Kier alpha value is -2.15. The second-order valence-corrected chi connectivity index (χ2v) is 5.16. The Morgan fingerprint density at radius 1 is 1.27 bits per heavy atom. The lowest BCUT2D eigenvalue weighted by Gasteiger charge is -2.18. The minimum absolute atomic E-state index is 0.363. The van der Waals surface area contributed by atoms with Crippen LogP contribution >= 0.6 is 11.6 Å². The summed E-state index contributed by atoms with van der Waals surface area (Å²) in [6, 6.07) is 6.29. The Morgan fingerprint density at radius 3 is 2.64 bits per heavy atom. The molecule has 0 fully saturated rings. The monoisotopic (exact) mass is 323 g/mol. The van der Waals surface area contributed by atoms with Crippen molar-refractivity contribution in [2.75, 3.05) is 13.1 Å². The summed E-state index contributed by atoms with van der Waals surface area (Å²) in [5.41, 5.74) is -0.238. The molecule has 1 heterocycles. The fourth-order valence-corrected chi connectivity index (χ4v) is 2.23. The van der Waals surface area contributed by atoms with E-state index in [-0.39, 0.29) is 0 Å². The first-order valence-electron chi connectivity index (χ1n) is 7.19. The van der Waals surface area contributed by atoms with Crippen LogP contribution in [0.25, 0.3) is 5.69 Å². The molecule has 0 aliphatic heterocycles. The van der Waals surface area contributed by atoms with Crippen LogP contribution in [0.15, 0.2) is 29.1 Å². The van der Waals surface area contributed by atoms with Crippen LogP contribution in [0.4, 0.5) is 4.79 Å². The molecule has 0 saturated carbocycles. The van der Waals surface area contributed by atoms with Crippen LogP contribution in [0.3, 0.4) is 0 Å². The van der Waals surface area contributed by atoms with Crippen molar-refractivity contribution < 1.29 is 4.79 Å². The second kappa shape index (κ2) is 7.22. The molecule has 1 aromatic heterocycles. The summed E-state index contributed by atoms with van der Waals surface area (Å²) in [4.78, 5) is 26.3. The molecule has 1 aromatic carbocycles. The molecule has 0 bridgehead atoms. The van der Waals surface area contributed by atoms with Crippen LogP contribution in [0.5, 0.6) is 0 Å². The Bertz CT molecular complexity index is 709. The van der Waals surface area contributed by atoms with E-state index in [1.165, 1.54) is 0 Å². The minimum atomic E-state index is -0.631. The topological polar surface area (TPSA) is 73.0 Å². The Kier molecular flexibility index (Phi) is 5.32. The molecule has 2 rings (SSSR count). The van der Waals surface area contributed by atoms with E-state index in [2.05, 4.69) is 10.4 Å². The van der Waals surface area contributed by atoms with Gasteiger partial charge in [-0.1, -0.05) is 37.1 Å². The highest BCUT2D eigenvalue weighted by molar-refractivity contribution is 6.32. The molecule has 0 aliphatic carbocycles. The number of hydrogen-bond donors (Lipinski definition) is 0. The predicted molar refractivity (Wildman–Crippen MR) is 83.6 cm³/mol. The summed E-state index contributed by atoms with van der Waals surface area (Å²) in [6.07, 6.45) is 1.83. The fraction of sp³-hybridized carbons (Fsp3) is 0.429. The number of tetrazole rings is 1. The average molecular weight is 324 g/mol. The highest BCUT2D eigenvalue weighted by Crippen LogP contribution is 2.16. The van der Waals surface area contributed by atoms with E-state index in [9.17, 15) is 9.59 Å². The third-order valence-electron chi connectivity index (χ3n) is 3.28. The van der Waals surface area contributed by atoms with E-state index in [1.54, 1.807) is 29.2 Å². The van der Waals surface area contributed by atoms with Gasteiger partial charge < -0.3 is 4.90 Å². The standard InChI is InChI=1S/C14H18ClN5O2/c1-3-5-10-18(4-2)13(21)20-14(22)19(16-17-20)12-9-7-6-8-11(12)15/h6-9H,3-5,10H2,1-2H3. The number of amides is 1. The Balaban J connectivity index is 2.33. The quantitative estimate of drug-likeness (QED) is 0.790. The molecule has 0 saturated heterocycles. The van der Waals surface area contributed by atoms with Crippen molar-refractivity contribution in [1.82, 2.24) is 24.7 Å². The number of benzene rings is 1. The van der Waals surface area contributed by atoms with Gasteiger partial charge in [0, 0.05) is 13.1 Å². The van der Waals surface area contributed by atoms with E-state index in [0.29, 0.717) is 23.8 Å². The lowest BCUT2D eigenvalue weighted by atomic mass is 10.3. The largest absolute Gasteiger partial charge is 0.377 e. The van der Waals surface area contributed by atoms with Gasteiger partial charge in [0.2, 0.25) is 0 Å². The maximum Gasteiger partial charge on any atom is 0.377 e. The molecule has 0 aliphatic rings. The van der Waals surface area contributed by atoms with Gasteiger partial charge in [-0.2, -0.15) is 4.68 Å². The van der Waals surface area contributed by atoms with Crippen molar-refractivity contribution in [2.45, 2.75) is 26.7 Å². The van der Waals surface area contributed by atoms with Crippen LogP contribution in [0.2, 0.25) is 5.02 Å². The van der Waals surface area contributed by atoms with Gasteiger partial charge in [-0.05, 0) is 35.9 Å². The lowest BCUT2D eigenvalue weighted by molar-refractivity contribution is 0.196. The van der Waals surface area contributed by atoms with Gasteiger partial charge in [0.25, 0.3) is 0 Å². The first-order valence-corrected chi connectivity index (χ1v) is 7.57. The average Bonchev–Trinajstić information content (AvgIpc) is 2.90. The van der Waals surface area contributed by atoms with Crippen molar-refractivity contribution in [1.29, 1.82) is 0 Å². The van der Waals surface area contributed by atoms with Crippen molar-refractivity contribution in [3.05, 3.63) is 39.8 Å². The molecule has 0 N–H and O–H groups in total. The number of unbranched alkanes of at least 4 members (excludes halogenated alkanes) is 1. The highest BCUT2D eigenvalue weighted by atomic mass is 35.5. The maximum atomic E-state index is 12.4. The zero-order valence-corrected chi connectivity index (χ0v) is 13.3. The van der Waals surface area contributed by atoms with Crippen LogP contribution in [0, 0.1) is 0 Å². The van der Waals surface area contributed by atoms with E-state index in [4.69, 9.17) is 11.6 Å². The first kappa shape index (κ1) is 16.2. The van der Waals surface area contributed by atoms with E-state index < -0.39 is 11.7 Å². The van der Waals surface area contributed by atoms with Gasteiger partial charge in [0.15, 0.2) is 0 Å². The summed E-state index contributed by atoms with van der Waals surface area (Å²) in [5, 5.41) is 7.79. The summed E-state index contributed by atoms with van der Waals surface area (Å²) in [7, 11) is 0. The van der Waals surface area contributed by atoms with Crippen LogP contribution in [-0.2, 0) is 0 Å². The number of aromatic nitrogens is 4. The minimum Gasteiger partial charge on any atom is -0.323 e. The molecule has 0 spiro atoms. The smallest absolute Gasteiger partial charge is 0.323 e. The lowest BCUT2D eigenvalue weighted by Crippen LogP contribution is -2.41. The second-order valence-electron chi connectivity index (χ2n) is 4.75. The number of carbonyl (C=O) groups is 1. The van der Waals surface area contributed by atoms with Crippen molar-refractivity contribution in [2.24, 2.45) is 0 Å². The van der Waals surface area contributed by atoms with Gasteiger partial charge in [0.1, 0.15) is 0 Å². The molecule has 0 unspecified atom stereocenters. The number of rotatable bonds is 5. The number of hydrogen-bond acceptors (Lipinski definition) is 4. The van der Waals surface area contributed by atoms with Crippen molar-refractivity contribution >= 4 is 17.6 Å². The zero-order chi connectivity index (χ0) is 16.1. The van der Waals surface area contributed by atoms with Gasteiger partial charge in [-0.3, -0.25) is 0 Å². The summed E-state index contributed by atoms with van der Waals surface area (Å²) >= 11 is 6.05. The molecule has 118 valence electrons. The van der Waals surface area contributed by atoms with E-state index in [0.717, 1.165) is 22.2 Å². The maximum absolute atomic E-state index is 12.4. The molecular weight excluding hydrogens is 306 g/mol. The third kappa shape index (κ3) is 3.19. The third-order valence-corrected chi connectivity index (χ3v) is 3.60. The van der Waals surface area contributed by atoms with Crippen molar-refractivity contribution in [3.63, 3.8) is 0 Å². The van der Waals surface area contributed by atoms with Gasteiger partial charge in [0.05, 0.1) is 10.7 Å². The molecule has 8 heteroatoms. The SMILES string of the molecule is CCCCN(CC)C(=O)n1nnn(-c2ccccc2Cl)c1=O. The highest BCUT2D eigenvalue weighted by Gasteiger charge is 2.20. The number of halogens is 1. The molecule has 0 radical (unpaired) electrons. The molecule has 0 atom stereocenters. The summed E-state index contributed by atoms with van der Waals surface area (Å²) < 4.78 is 1.79. The molecular formula is C14H18ClN5O2. The van der Waals surface area contributed by atoms with Gasteiger partial charge in [-0.25, -0.2) is 9.59 Å². The fourth-order valence-electron chi connectivity index (χ4n) is 2.01. The van der Waals surface area contributed by atoms with Crippen molar-refractivity contribution in [3.8, 4) is 5.69 Å². The normalized spacial score (nSPS) is 10.7. The summed E-state index contributed by atoms with van der Waals surface area (Å²) in [6.45, 7) is 4.98. The molecule has 2 aromatic rings. The van der Waals surface area contributed by atoms with Crippen LogP contribution < -0.4 is 5.69 Å². The summed E-state index contributed by atoms with van der Waals surface area (Å²) in [5.74, 6) is 0. The van der Waals surface area contributed by atoms with E-state index in [1.807, 2.05) is 13.8 Å². The van der Waals surface area contributed by atoms with Gasteiger partial charge in [-0.15, -0.1) is 4.68 Å². The predicted octanol–water partition coefficient (Wildman–Crippen LogP) is 2.17. The molecule has 1 amide bonds. The Morgan fingerprint density at radius 2 is 2.00 bits per heavy atom. The number of para-hydroxylation sites is 1. The first-order chi connectivity index (χ1) is 10.6. The van der Waals surface area contributed by atoms with Crippen LogP contribution in [0.1, 0.15) is 26.7 Å². The Labute approximate surface area is 133 Å². The van der Waals surface area contributed by atoms with E-state index >= 15 is 0 Å². The molecule has 22 heavy (non-hydrogen) atoms. The molecule has 7 nitrogen and oxygen atoms in total. The number of carbonyl (C=O) groups excluding carboxylic acids is 1. The van der Waals surface area contributed by atoms with Crippen LogP contribution in [-0.4, -0.2) is 43.8 Å². The van der Waals surface area contributed by atoms with Gasteiger partial charge >= 0.3 is 11.7 Å².